The summed E-state index contributed by atoms with van der Waals surface area (Å²) in [6.07, 6.45) is 1.67. The van der Waals surface area contributed by atoms with E-state index in [1.54, 1.807) is 12.1 Å². The summed E-state index contributed by atoms with van der Waals surface area (Å²) in [5.74, 6) is 0.682. The summed E-state index contributed by atoms with van der Waals surface area (Å²) >= 11 is 3.49. The van der Waals surface area contributed by atoms with Crippen LogP contribution in [-0.4, -0.2) is 12.6 Å². The lowest BCUT2D eigenvalue weighted by Crippen LogP contribution is -2.31. The number of nitrogens with one attached hydrogen (secondary N) is 2. The second kappa shape index (κ2) is 8.39. The van der Waals surface area contributed by atoms with Crippen LogP contribution in [0.3, 0.4) is 0 Å². The van der Waals surface area contributed by atoms with E-state index >= 15 is 0 Å². The molecule has 0 saturated carbocycles. The van der Waals surface area contributed by atoms with Crippen molar-refractivity contribution >= 4 is 27.6 Å². The van der Waals surface area contributed by atoms with E-state index in [9.17, 15) is 4.79 Å². The minimum atomic E-state index is -0.269. The summed E-state index contributed by atoms with van der Waals surface area (Å²) in [7, 11) is 0. The Bertz CT molecular complexity index is 688. The number of ether oxygens (including phenoxy) is 1. The standard InChI is InChI=1S/C18H19BrN2O2/c1-3-11-23-15-8-6-7-14(12-15)21-18(22)20-13(2)16-9-4-5-10-17(16)19/h3-10,12-13H,1,11H2,2H3,(H2,20,21,22). The Morgan fingerprint density at radius 2 is 2.09 bits per heavy atom. The molecule has 0 saturated heterocycles. The van der Waals surface area contributed by atoms with Crippen molar-refractivity contribution in [3.05, 3.63) is 71.2 Å². The topological polar surface area (TPSA) is 50.4 Å². The van der Waals surface area contributed by atoms with Crippen LogP contribution in [0, 0.1) is 0 Å². The molecule has 4 nitrogen and oxygen atoms in total. The second-order valence-corrected chi connectivity index (χ2v) is 5.82. The van der Waals surface area contributed by atoms with Gasteiger partial charge in [0.1, 0.15) is 12.4 Å². The van der Waals surface area contributed by atoms with Gasteiger partial charge < -0.3 is 15.4 Å². The maximum absolute atomic E-state index is 12.1. The number of urea groups is 1. The third kappa shape index (κ3) is 5.14. The molecule has 0 bridgehead atoms. The third-order valence-corrected chi connectivity index (χ3v) is 3.90. The number of halogens is 1. The fraction of sp³-hybridized carbons (Fsp3) is 0.167. The number of rotatable bonds is 6. The van der Waals surface area contributed by atoms with Crippen molar-refractivity contribution in [1.82, 2.24) is 5.32 Å². The highest BCUT2D eigenvalue weighted by Gasteiger charge is 2.12. The van der Waals surface area contributed by atoms with Gasteiger partial charge in [0.25, 0.3) is 0 Å². The molecule has 0 aromatic heterocycles. The summed E-state index contributed by atoms with van der Waals surface area (Å²) in [5.41, 5.74) is 1.69. The van der Waals surface area contributed by atoms with Crippen molar-refractivity contribution in [1.29, 1.82) is 0 Å². The second-order valence-electron chi connectivity index (χ2n) is 4.97. The third-order valence-electron chi connectivity index (χ3n) is 3.18. The number of hydrogen-bond acceptors (Lipinski definition) is 2. The molecule has 5 heteroatoms. The fourth-order valence-corrected chi connectivity index (χ4v) is 2.71. The number of amides is 2. The molecule has 2 amide bonds. The maximum atomic E-state index is 12.1. The predicted molar refractivity (Wildman–Crippen MR) is 96.8 cm³/mol. The van der Waals surface area contributed by atoms with Gasteiger partial charge in [-0.1, -0.05) is 52.9 Å². The summed E-state index contributed by atoms with van der Waals surface area (Å²) in [5, 5.41) is 5.72. The van der Waals surface area contributed by atoms with Gasteiger partial charge in [0, 0.05) is 16.2 Å². The van der Waals surface area contributed by atoms with Crippen molar-refractivity contribution in [2.75, 3.05) is 11.9 Å². The molecule has 1 atom stereocenters. The molecule has 2 N–H and O–H groups in total. The maximum Gasteiger partial charge on any atom is 0.319 e. The van der Waals surface area contributed by atoms with E-state index in [1.807, 2.05) is 49.4 Å². The minimum Gasteiger partial charge on any atom is -0.489 e. The highest BCUT2D eigenvalue weighted by Crippen LogP contribution is 2.23. The first-order chi connectivity index (χ1) is 11.1. The van der Waals surface area contributed by atoms with E-state index < -0.39 is 0 Å². The van der Waals surface area contributed by atoms with Gasteiger partial charge in [-0.3, -0.25) is 0 Å². The summed E-state index contributed by atoms with van der Waals surface area (Å²) < 4.78 is 6.41. The lowest BCUT2D eigenvalue weighted by atomic mass is 10.1. The normalized spacial score (nSPS) is 11.4. The van der Waals surface area contributed by atoms with Crippen LogP contribution in [0.15, 0.2) is 65.7 Å². The largest absolute Gasteiger partial charge is 0.489 e. The van der Waals surface area contributed by atoms with Crippen molar-refractivity contribution < 1.29 is 9.53 Å². The van der Waals surface area contributed by atoms with Gasteiger partial charge in [-0.2, -0.15) is 0 Å². The van der Waals surface area contributed by atoms with Crippen LogP contribution < -0.4 is 15.4 Å². The number of anilines is 1. The molecule has 2 aromatic carbocycles. The van der Waals surface area contributed by atoms with E-state index in [0.29, 0.717) is 18.0 Å². The Hall–Kier alpha value is -2.27. The number of carbonyl (C=O) groups is 1. The Kier molecular flexibility index (Phi) is 6.23. The molecule has 0 aliphatic rings. The molecule has 0 spiro atoms. The fourth-order valence-electron chi connectivity index (χ4n) is 2.09. The predicted octanol–water partition coefficient (Wildman–Crippen LogP) is 4.90. The minimum absolute atomic E-state index is 0.120. The molecule has 2 aromatic rings. The molecule has 0 radical (unpaired) electrons. The highest BCUT2D eigenvalue weighted by atomic mass is 79.9. The van der Waals surface area contributed by atoms with E-state index in [0.717, 1.165) is 10.0 Å². The van der Waals surface area contributed by atoms with Crippen LogP contribution in [0.1, 0.15) is 18.5 Å². The zero-order valence-corrected chi connectivity index (χ0v) is 14.5. The van der Waals surface area contributed by atoms with Crippen LogP contribution in [-0.2, 0) is 0 Å². The molecule has 120 valence electrons. The summed E-state index contributed by atoms with van der Waals surface area (Å²) in [4.78, 5) is 12.1. The van der Waals surface area contributed by atoms with Crippen LogP contribution in [0.2, 0.25) is 0 Å². The number of benzene rings is 2. The molecule has 2 rings (SSSR count). The first-order valence-corrected chi connectivity index (χ1v) is 8.05. The van der Waals surface area contributed by atoms with Gasteiger partial charge >= 0.3 is 6.03 Å². The quantitative estimate of drug-likeness (QED) is 0.706. The summed E-state index contributed by atoms with van der Waals surface area (Å²) in [6, 6.07) is 14.6. The van der Waals surface area contributed by atoms with Gasteiger partial charge in [-0.15, -0.1) is 0 Å². The Balaban J connectivity index is 1.97. The number of hydrogen-bond donors (Lipinski definition) is 2. The van der Waals surface area contributed by atoms with Crippen LogP contribution >= 0.6 is 15.9 Å². The highest BCUT2D eigenvalue weighted by molar-refractivity contribution is 9.10. The number of carbonyl (C=O) groups excluding carboxylic acids is 1. The van der Waals surface area contributed by atoms with Crippen molar-refractivity contribution in [3.63, 3.8) is 0 Å². The molecule has 1 unspecified atom stereocenters. The van der Waals surface area contributed by atoms with Gasteiger partial charge in [0.2, 0.25) is 0 Å². The van der Waals surface area contributed by atoms with E-state index in [1.165, 1.54) is 0 Å². The Labute approximate surface area is 144 Å². The van der Waals surface area contributed by atoms with E-state index in [4.69, 9.17) is 4.74 Å². The van der Waals surface area contributed by atoms with Crippen LogP contribution in [0.4, 0.5) is 10.5 Å². The van der Waals surface area contributed by atoms with Crippen molar-refractivity contribution in [2.24, 2.45) is 0 Å². The average molecular weight is 375 g/mol. The first kappa shape index (κ1) is 17.1. The molecule has 0 fully saturated rings. The molecule has 0 aliphatic carbocycles. The molecular formula is C18H19BrN2O2. The van der Waals surface area contributed by atoms with E-state index in [2.05, 4.69) is 33.1 Å². The van der Waals surface area contributed by atoms with Gasteiger partial charge in [0.15, 0.2) is 0 Å². The molecule has 23 heavy (non-hydrogen) atoms. The molecule has 0 heterocycles. The lowest BCUT2D eigenvalue weighted by Gasteiger charge is -2.16. The van der Waals surface area contributed by atoms with E-state index in [-0.39, 0.29) is 12.1 Å². The van der Waals surface area contributed by atoms with Gasteiger partial charge in [-0.05, 0) is 30.7 Å². The zero-order valence-electron chi connectivity index (χ0n) is 12.9. The Morgan fingerprint density at radius 1 is 1.30 bits per heavy atom. The average Bonchev–Trinajstić information content (AvgIpc) is 2.53. The summed E-state index contributed by atoms with van der Waals surface area (Å²) in [6.45, 7) is 5.97. The SMILES string of the molecule is C=CCOc1cccc(NC(=O)NC(C)c2ccccc2Br)c1. The van der Waals surface area contributed by atoms with Gasteiger partial charge in [0.05, 0.1) is 6.04 Å². The monoisotopic (exact) mass is 374 g/mol. The molecular weight excluding hydrogens is 356 g/mol. The zero-order chi connectivity index (χ0) is 16.7. The Morgan fingerprint density at radius 3 is 2.83 bits per heavy atom. The van der Waals surface area contributed by atoms with Crippen LogP contribution in [0.5, 0.6) is 5.75 Å². The molecule has 0 aliphatic heterocycles. The van der Waals surface area contributed by atoms with Gasteiger partial charge in [-0.25, -0.2) is 4.79 Å². The lowest BCUT2D eigenvalue weighted by molar-refractivity contribution is 0.249. The smallest absolute Gasteiger partial charge is 0.319 e. The first-order valence-electron chi connectivity index (χ1n) is 7.26. The van der Waals surface area contributed by atoms with Crippen molar-refractivity contribution in [2.45, 2.75) is 13.0 Å². The van der Waals surface area contributed by atoms with Crippen LogP contribution in [0.25, 0.3) is 0 Å². The van der Waals surface area contributed by atoms with Crippen molar-refractivity contribution in [3.8, 4) is 5.75 Å².